The Morgan fingerprint density at radius 1 is 1.18 bits per heavy atom. The van der Waals surface area contributed by atoms with Crippen LogP contribution in [0.15, 0.2) is 48.5 Å². The molecular weight excluding hydrogens is 303 g/mol. The summed E-state index contributed by atoms with van der Waals surface area (Å²) in [6.45, 7) is 4.11. The van der Waals surface area contributed by atoms with Crippen molar-refractivity contribution < 1.29 is 14.0 Å². The highest BCUT2D eigenvalue weighted by atomic mass is 31.1. The van der Waals surface area contributed by atoms with Crippen molar-refractivity contribution in [3.63, 3.8) is 0 Å². The summed E-state index contributed by atoms with van der Waals surface area (Å²) in [4.78, 5) is 10.3. The molecule has 2 aromatic rings. The number of nitro groups is 1. The molecule has 7 heteroatoms. The van der Waals surface area contributed by atoms with E-state index in [0.717, 1.165) is 5.56 Å². The van der Waals surface area contributed by atoms with Crippen molar-refractivity contribution in [1.29, 1.82) is 0 Å². The highest BCUT2D eigenvalue weighted by molar-refractivity contribution is 7.48. The van der Waals surface area contributed by atoms with E-state index in [2.05, 4.69) is 0 Å². The van der Waals surface area contributed by atoms with Crippen molar-refractivity contribution in [2.45, 2.75) is 20.5 Å². The SMILES string of the molecule is CC.Nc1ccc([N+](=O)[O-])c([P+](=O)OCc2ccccc2)c1. The minimum absolute atomic E-state index is 0.000862. The first-order chi connectivity index (χ1) is 10.6. The third kappa shape index (κ3) is 4.91. The largest absolute Gasteiger partial charge is 0.556 e. The zero-order chi connectivity index (χ0) is 16.5. The number of benzene rings is 2. The van der Waals surface area contributed by atoms with Crippen LogP contribution in [0.25, 0.3) is 0 Å². The van der Waals surface area contributed by atoms with Gasteiger partial charge in [0.25, 0.3) is 0 Å². The van der Waals surface area contributed by atoms with Crippen LogP contribution in [0.4, 0.5) is 11.4 Å². The van der Waals surface area contributed by atoms with Gasteiger partial charge < -0.3 is 5.73 Å². The first-order valence-electron chi connectivity index (χ1n) is 6.76. The third-order valence-corrected chi connectivity index (χ3v) is 3.70. The van der Waals surface area contributed by atoms with E-state index < -0.39 is 13.0 Å². The molecule has 1 atom stereocenters. The van der Waals surface area contributed by atoms with Crippen LogP contribution in [0.5, 0.6) is 0 Å². The lowest BCUT2D eigenvalue weighted by Gasteiger charge is -1.96. The lowest BCUT2D eigenvalue weighted by Crippen LogP contribution is -2.07. The van der Waals surface area contributed by atoms with Crippen molar-refractivity contribution in [1.82, 2.24) is 0 Å². The van der Waals surface area contributed by atoms with Gasteiger partial charge in [-0.05, 0) is 16.2 Å². The fraction of sp³-hybridized carbons (Fsp3) is 0.200. The Morgan fingerprint density at radius 3 is 2.41 bits per heavy atom. The third-order valence-electron chi connectivity index (χ3n) is 2.58. The molecule has 1 unspecified atom stereocenters. The Labute approximate surface area is 129 Å². The van der Waals surface area contributed by atoms with Gasteiger partial charge >= 0.3 is 19.0 Å². The number of hydrogen-bond donors (Lipinski definition) is 1. The van der Waals surface area contributed by atoms with Gasteiger partial charge in [-0.3, -0.25) is 10.1 Å². The topological polar surface area (TPSA) is 95.5 Å². The van der Waals surface area contributed by atoms with Crippen LogP contribution in [-0.4, -0.2) is 4.92 Å². The maximum Gasteiger partial charge on any atom is 0.556 e. The molecule has 0 spiro atoms. The monoisotopic (exact) mass is 321 g/mol. The smallest absolute Gasteiger partial charge is 0.399 e. The summed E-state index contributed by atoms with van der Waals surface area (Å²) in [5, 5.41) is 10.9. The van der Waals surface area contributed by atoms with Crippen LogP contribution < -0.4 is 11.0 Å². The molecule has 2 rings (SSSR count). The average molecular weight is 321 g/mol. The molecule has 0 heterocycles. The molecule has 0 aliphatic carbocycles. The lowest BCUT2D eigenvalue weighted by atomic mass is 10.2. The first kappa shape index (κ1) is 17.8. The van der Waals surface area contributed by atoms with Crippen LogP contribution in [-0.2, 0) is 15.7 Å². The summed E-state index contributed by atoms with van der Waals surface area (Å²) in [6.07, 6.45) is 0. The normalized spacial score (nSPS) is 10.4. The van der Waals surface area contributed by atoms with E-state index in [-0.39, 0.29) is 17.6 Å². The molecule has 22 heavy (non-hydrogen) atoms. The summed E-state index contributed by atoms with van der Waals surface area (Å²) in [7, 11) is -2.34. The number of nitro benzene ring substituents is 1. The zero-order valence-corrected chi connectivity index (χ0v) is 13.3. The van der Waals surface area contributed by atoms with Gasteiger partial charge in [-0.2, -0.15) is 0 Å². The molecule has 0 saturated carbocycles. The molecular formula is C15H18N2O4P+. The molecule has 0 saturated heterocycles. The Bertz CT molecular complexity index is 647. The van der Waals surface area contributed by atoms with Crippen LogP contribution in [0.2, 0.25) is 0 Å². The van der Waals surface area contributed by atoms with Gasteiger partial charge in [-0.1, -0.05) is 44.2 Å². The van der Waals surface area contributed by atoms with Crippen molar-refractivity contribution in [2.75, 3.05) is 5.73 Å². The van der Waals surface area contributed by atoms with Crippen LogP contribution in [0.3, 0.4) is 0 Å². The van der Waals surface area contributed by atoms with Gasteiger partial charge in [0.15, 0.2) is 0 Å². The van der Waals surface area contributed by atoms with E-state index in [1.807, 2.05) is 44.2 Å². The number of hydrogen-bond acceptors (Lipinski definition) is 5. The number of nitrogen functional groups attached to an aromatic ring is 1. The van der Waals surface area contributed by atoms with E-state index in [1.54, 1.807) is 0 Å². The second-order valence-electron chi connectivity index (χ2n) is 4.02. The Balaban J connectivity index is 0.00000116. The second kappa shape index (κ2) is 8.87. The molecule has 0 bridgehead atoms. The highest BCUT2D eigenvalue weighted by Gasteiger charge is 2.33. The average Bonchev–Trinajstić information content (AvgIpc) is 2.55. The second-order valence-corrected chi connectivity index (χ2v) is 5.28. The molecule has 0 aromatic heterocycles. The molecule has 0 aliphatic rings. The zero-order valence-electron chi connectivity index (χ0n) is 12.4. The minimum Gasteiger partial charge on any atom is -0.399 e. The summed E-state index contributed by atoms with van der Waals surface area (Å²) in [5.41, 5.74) is 6.45. The van der Waals surface area contributed by atoms with Crippen LogP contribution in [0, 0.1) is 10.1 Å². The van der Waals surface area contributed by atoms with Gasteiger partial charge in [0.2, 0.25) is 0 Å². The van der Waals surface area contributed by atoms with Crippen molar-refractivity contribution >= 4 is 24.7 Å². The van der Waals surface area contributed by atoms with E-state index in [4.69, 9.17) is 10.3 Å². The molecule has 0 amide bonds. The fourth-order valence-electron chi connectivity index (χ4n) is 1.62. The molecule has 116 valence electrons. The van der Waals surface area contributed by atoms with Gasteiger partial charge in [-0.15, -0.1) is 4.52 Å². The minimum atomic E-state index is -2.34. The van der Waals surface area contributed by atoms with Gasteiger partial charge in [0.1, 0.15) is 6.61 Å². The van der Waals surface area contributed by atoms with E-state index in [0.29, 0.717) is 5.69 Å². The number of rotatable bonds is 5. The van der Waals surface area contributed by atoms with E-state index in [1.165, 1.54) is 18.2 Å². The maximum atomic E-state index is 12.1. The molecule has 2 N–H and O–H groups in total. The first-order valence-corrected chi connectivity index (χ1v) is 7.93. The van der Waals surface area contributed by atoms with Crippen LogP contribution >= 0.6 is 8.03 Å². The van der Waals surface area contributed by atoms with E-state index in [9.17, 15) is 14.7 Å². The molecule has 6 nitrogen and oxygen atoms in total. The van der Waals surface area contributed by atoms with Gasteiger partial charge in [0, 0.05) is 17.8 Å². The number of nitrogens with two attached hydrogens (primary N) is 1. The summed E-state index contributed by atoms with van der Waals surface area (Å²) in [5.74, 6) is 0. The molecule has 2 aromatic carbocycles. The Morgan fingerprint density at radius 2 is 1.82 bits per heavy atom. The lowest BCUT2D eigenvalue weighted by molar-refractivity contribution is -0.383. The quantitative estimate of drug-likeness (QED) is 0.391. The molecule has 0 radical (unpaired) electrons. The van der Waals surface area contributed by atoms with Crippen LogP contribution in [0.1, 0.15) is 19.4 Å². The van der Waals surface area contributed by atoms with Crippen molar-refractivity contribution in [3.05, 3.63) is 64.2 Å². The Kier molecular flexibility index (Phi) is 7.16. The number of nitrogens with zero attached hydrogens (tertiary/aromatic N) is 1. The Hall–Kier alpha value is -2.30. The number of anilines is 1. The standard InChI is InChI=1S/C13H12N2O4P.C2H6/c14-11-6-7-12(15(16)17)13(8-11)20(18)19-9-10-4-2-1-3-5-10;1-2/h1-8H,9,14H2;1-2H3/q+1;. The summed E-state index contributed by atoms with van der Waals surface area (Å²) in [6, 6.07) is 13.1. The van der Waals surface area contributed by atoms with Gasteiger partial charge in [-0.25, -0.2) is 0 Å². The maximum absolute atomic E-state index is 12.1. The predicted molar refractivity (Wildman–Crippen MR) is 87.3 cm³/mol. The van der Waals surface area contributed by atoms with E-state index >= 15 is 0 Å². The molecule has 0 aliphatic heterocycles. The fourth-order valence-corrected chi connectivity index (χ4v) is 2.62. The summed E-state index contributed by atoms with van der Waals surface area (Å²) >= 11 is 0. The van der Waals surface area contributed by atoms with Crippen molar-refractivity contribution in [3.8, 4) is 0 Å². The summed E-state index contributed by atoms with van der Waals surface area (Å²) < 4.78 is 17.3. The van der Waals surface area contributed by atoms with Crippen molar-refractivity contribution in [2.24, 2.45) is 0 Å². The molecule has 0 fully saturated rings. The highest BCUT2D eigenvalue weighted by Crippen LogP contribution is 2.29. The predicted octanol–water partition coefficient (Wildman–Crippen LogP) is 3.79. The van der Waals surface area contributed by atoms with Gasteiger partial charge in [0.05, 0.1) is 4.92 Å².